The van der Waals surface area contributed by atoms with Crippen LogP contribution >= 0.6 is 0 Å². The van der Waals surface area contributed by atoms with E-state index >= 15 is 0 Å². The molecule has 0 saturated carbocycles. The third-order valence-corrected chi connectivity index (χ3v) is 8.44. The van der Waals surface area contributed by atoms with Crippen molar-refractivity contribution in [2.75, 3.05) is 24.5 Å². The maximum atomic E-state index is 13.3. The van der Waals surface area contributed by atoms with E-state index in [-0.39, 0.29) is 5.91 Å². The van der Waals surface area contributed by atoms with Crippen LogP contribution in [0.15, 0.2) is 47.4 Å². The zero-order valence-corrected chi connectivity index (χ0v) is 17.3. The lowest BCUT2D eigenvalue weighted by molar-refractivity contribution is -0.117. The molecule has 0 atom stereocenters. The van der Waals surface area contributed by atoms with Crippen LogP contribution < -0.4 is 4.90 Å². The first-order valence-electron chi connectivity index (χ1n) is 10.5. The van der Waals surface area contributed by atoms with Crippen molar-refractivity contribution < 1.29 is 13.2 Å². The van der Waals surface area contributed by atoms with Crippen molar-refractivity contribution in [1.82, 2.24) is 4.31 Å². The van der Waals surface area contributed by atoms with Crippen LogP contribution in [0.1, 0.15) is 36.0 Å². The van der Waals surface area contributed by atoms with Gasteiger partial charge >= 0.3 is 0 Å². The van der Waals surface area contributed by atoms with Gasteiger partial charge in [-0.1, -0.05) is 30.3 Å². The molecule has 3 heterocycles. The van der Waals surface area contributed by atoms with Gasteiger partial charge in [-0.05, 0) is 66.8 Å². The predicted octanol–water partition coefficient (Wildman–Crippen LogP) is 3.17. The molecule has 0 spiro atoms. The van der Waals surface area contributed by atoms with E-state index in [0.29, 0.717) is 30.3 Å². The molecular weight excluding hydrogens is 384 g/mol. The highest BCUT2D eigenvalue weighted by Crippen LogP contribution is 2.39. The summed E-state index contributed by atoms with van der Waals surface area (Å²) in [6, 6.07) is 14.0. The van der Waals surface area contributed by atoms with Crippen LogP contribution in [-0.4, -0.2) is 38.3 Å². The molecule has 1 fully saturated rings. The average Bonchev–Trinajstić information content (AvgIpc) is 3.06. The largest absolute Gasteiger partial charge is 0.312 e. The zero-order valence-electron chi connectivity index (χ0n) is 16.5. The summed E-state index contributed by atoms with van der Waals surface area (Å²) in [5, 5.41) is 0. The molecule has 5 nitrogen and oxygen atoms in total. The van der Waals surface area contributed by atoms with E-state index in [1.807, 2.05) is 17.0 Å². The maximum absolute atomic E-state index is 13.3. The monoisotopic (exact) mass is 410 g/mol. The number of hydrogen-bond donors (Lipinski definition) is 0. The number of nitrogens with zero attached hydrogens (tertiary/aromatic N) is 2. The molecule has 5 rings (SSSR count). The topological polar surface area (TPSA) is 57.7 Å². The minimum atomic E-state index is -3.52. The van der Waals surface area contributed by atoms with E-state index in [2.05, 4.69) is 24.3 Å². The van der Waals surface area contributed by atoms with E-state index in [4.69, 9.17) is 0 Å². The number of carbonyl (C=O) groups is 1. The number of carbonyl (C=O) groups excluding carboxylic acids is 1. The van der Waals surface area contributed by atoms with Gasteiger partial charge in [-0.15, -0.1) is 0 Å². The summed E-state index contributed by atoms with van der Waals surface area (Å²) in [4.78, 5) is 14.5. The number of sulfonamides is 1. The first-order chi connectivity index (χ1) is 14.0. The molecule has 0 bridgehead atoms. The Morgan fingerprint density at radius 3 is 2.45 bits per heavy atom. The van der Waals surface area contributed by atoms with E-state index < -0.39 is 10.0 Å². The number of aryl methyl sites for hydroxylation is 1. The van der Waals surface area contributed by atoms with Gasteiger partial charge in [0.2, 0.25) is 15.9 Å². The van der Waals surface area contributed by atoms with Gasteiger partial charge in [0.05, 0.1) is 17.0 Å². The van der Waals surface area contributed by atoms with Crippen molar-refractivity contribution in [2.45, 2.75) is 43.4 Å². The number of piperidine rings is 1. The molecule has 152 valence electrons. The van der Waals surface area contributed by atoms with Gasteiger partial charge in [-0.2, -0.15) is 4.31 Å². The molecule has 1 saturated heterocycles. The van der Waals surface area contributed by atoms with Gasteiger partial charge in [0, 0.05) is 19.6 Å². The highest BCUT2D eigenvalue weighted by Gasteiger charge is 2.36. The van der Waals surface area contributed by atoms with Crippen molar-refractivity contribution in [2.24, 2.45) is 5.92 Å². The number of benzene rings is 2. The molecule has 3 aliphatic heterocycles. The van der Waals surface area contributed by atoms with Gasteiger partial charge in [0.1, 0.15) is 0 Å². The normalized spacial score (nSPS) is 20.1. The molecule has 2 aromatic rings. The van der Waals surface area contributed by atoms with Gasteiger partial charge in [-0.25, -0.2) is 8.42 Å². The lowest BCUT2D eigenvalue weighted by Gasteiger charge is -2.32. The molecule has 29 heavy (non-hydrogen) atoms. The fraction of sp³-hybridized carbons (Fsp3) is 0.435. The number of amides is 1. The quantitative estimate of drug-likeness (QED) is 0.778. The molecular formula is C23H26N2O3S. The van der Waals surface area contributed by atoms with Crippen molar-refractivity contribution in [3.05, 3.63) is 59.2 Å². The molecule has 0 aliphatic carbocycles. The summed E-state index contributed by atoms with van der Waals surface area (Å²) in [5.74, 6) is 0.619. The molecule has 0 N–H and O–H groups in total. The summed E-state index contributed by atoms with van der Waals surface area (Å²) < 4.78 is 28.3. The van der Waals surface area contributed by atoms with Crippen molar-refractivity contribution >= 4 is 21.6 Å². The Hall–Kier alpha value is -2.18. The molecule has 0 unspecified atom stereocenters. The first kappa shape index (κ1) is 18.8. The second-order valence-electron chi connectivity index (χ2n) is 8.45. The molecule has 3 aliphatic rings. The summed E-state index contributed by atoms with van der Waals surface area (Å²) in [6.45, 7) is 1.88. The zero-order chi connectivity index (χ0) is 20.0. The highest BCUT2D eigenvalue weighted by atomic mass is 32.2. The van der Waals surface area contributed by atoms with E-state index in [0.717, 1.165) is 55.5 Å². The third-order valence-electron chi connectivity index (χ3n) is 6.56. The fourth-order valence-corrected chi connectivity index (χ4v) is 6.62. The number of hydrogen-bond acceptors (Lipinski definition) is 3. The molecule has 0 radical (unpaired) electrons. The SMILES string of the molecule is O=C1Cc2cc(S(=O)(=O)N3CCC(Cc4ccccc4)CC3)cc3c2N1CCC3. The second kappa shape index (κ2) is 7.26. The Bertz CT molecular complexity index is 1040. The Balaban J connectivity index is 1.34. The Kier molecular flexibility index (Phi) is 4.71. The highest BCUT2D eigenvalue weighted by molar-refractivity contribution is 7.89. The second-order valence-corrected chi connectivity index (χ2v) is 10.4. The standard InChI is InChI=1S/C23H26N2O3S/c26-22-16-20-15-21(14-19-7-4-10-25(22)23(19)20)29(27,28)24-11-8-18(9-12-24)13-17-5-2-1-3-6-17/h1-3,5-6,14-15,18H,4,7-13,16H2. The predicted molar refractivity (Wildman–Crippen MR) is 112 cm³/mol. The summed E-state index contributed by atoms with van der Waals surface area (Å²) in [7, 11) is -3.52. The summed E-state index contributed by atoms with van der Waals surface area (Å²) >= 11 is 0. The van der Waals surface area contributed by atoms with Crippen molar-refractivity contribution in [1.29, 1.82) is 0 Å². The van der Waals surface area contributed by atoms with E-state index in [9.17, 15) is 13.2 Å². The van der Waals surface area contributed by atoms with Gasteiger partial charge < -0.3 is 4.90 Å². The minimum absolute atomic E-state index is 0.0947. The Morgan fingerprint density at radius 2 is 1.69 bits per heavy atom. The summed E-state index contributed by atoms with van der Waals surface area (Å²) in [6.07, 6.45) is 4.85. The first-order valence-corrected chi connectivity index (χ1v) is 12.0. The van der Waals surface area contributed by atoms with Crippen LogP contribution in [0.3, 0.4) is 0 Å². The molecule has 1 amide bonds. The van der Waals surface area contributed by atoms with Crippen LogP contribution in [0.4, 0.5) is 5.69 Å². The maximum Gasteiger partial charge on any atom is 0.243 e. The number of rotatable bonds is 4. The van der Waals surface area contributed by atoms with Gasteiger partial charge in [-0.3, -0.25) is 4.79 Å². The third kappa shape index (κ3) is 3.38. The summed E-state index contributed by atoms with van der Waals surface area (Å²) in [5.41, 5.74) is 4.18. The lowest BCUT2D eigenvalue weighted by Crippen LogP contribution is -2.39. The van der Waals surface area contributed by atoms with E-state index in [1.165, 1.54) is 5.56 Å². The van der Waals surface area contributed by atoms with Crippen LogP contribution in [0.5, 0.6) is 0 Å². The van der Waals surface area contributed by atoms with Crippen molar-refractivity contribution in [3.63, 3.8) is 0 Å². The Morgan fingerprint density at radius 1 is 0.966 bits per heavy atom. The Labute approximate surface area is 172 Å². The smallest absolute Gasteiger partial charge is 0.243 e. The molecule has 6 heteroatoms. The van der Waals surface area contributed by atoms with Crippen LogP contribution in [-0.2, 0) is 34.1 Å². The van der Waals surface area contributed by atoms with Gasteiger partial charge in [0.25, 0.3) is 0 Å². The van der Waals surface area contributed by atoms with Gasteiger partial charge in [0.15, 0.2) is 0 Å². The van der Waals surface area contributed by atoms with Crippen LogP contribution in [0, 0.1) is 5.92 Å². The van der Waals surface area contributed by atoms with E-state index in [1.54, 1.807) is 10.4 Å². The molecule has 2 aromatic carbocycles. The lowest BCUT2D eigenvalue weighted by atomic mass is 9.91. The fourth-order valence-electron chi connectivity index (χ4n) is 5.05. The number of anilines is 1. The van der Waals surface area contributed by atoms with Crippen LogP contribution in [0.25, 0.3) is 0 Å². The van der Waals surface area contributed by atoms with Crippen LogP contribution in [0.2, 0.25) is 0 Å². The average molecular weight is 411 g/mol. The van der Waals surface area contributed by atoms with Crippen molar-refractivity contribution in [3.8, 4) is 0 Å². The molecule has 0 aromatic heterocycles. The minimum Gasteiger partial charge on any atom is -0.312 e.